The van der Waals surface area contributed by atoms with Crippen LogP contribution in [0, 0.1) is 5.92 Å². The third kappa shape index (κ3) is 5.05. The van der Waals surface area contributed by atoms with Gasteiger partial charge in [-0.2, -0.15) is 0 Å². The van der Waals surface area contributed by atoms with Gasteiger partial charge >= 0.3 is 0 Å². The van der Waals surface area contributed by atoms with Gasteiger partial charge in [0.1, 0.15) is 12.6 Å². The lowest BCUT2D eigenvalue weighted by Gasteiger charge is -2.33. The van der Waals surface area contributed by atoms with Crippen LogP contribution in [0.3, 0.4) is 0 Å². The third-order valence-electron chi connectivity index (χ3n) is 7.19. The predicted octanol–water partition coefficient (Wildman–Crippen LogP) is 5.08. The van der Waals surface area contributed by atoms with Crippen molar-refractivity contribution in [2.75, 3.05) is 12.4 Å². The molecule has 1 saturated heterocycles. The summed E-state index contributed by atoms with van der Waals surface area (Å²) in [7, 11) is 1.58. The molecule has 1 aromatic heterocycles. The zero-order valence-electron chi connectivity index (χ0n) is 20.4. The fourth-order valence-corrected chi connectivity index (χ4v) is 5.45. The van der Waals surface area contributed by atoms with Crippen molar-refractivity contribution in [1.29, 1.82) is 0 Å². The number of anilines is 1. The van der Waals surface area contributed by atoms with E-state index in [1.807, 2.05) is 47.4 Å². The van der Waals surface area contributed by atoms with E-state index in [2.05, 4.69) is 10.3 Å². The van der Waals surface area contributed by atoms with Crippen molar-refractivity contribution in [2.45, 2.75) is 50.8 Å². The molecule has 36 heavy (non-hydrogen) atoms. The van der Waals surface area contributed by atoms with Crippen molar-refractivity contribution < 1.29 is 19.1 Å². The molecule has 0 spiro atoms. The van der Waals surface area contributed by atoms with E-state index in [1.165, 1.54) is 0 Å². The Morgan fingerprint density at radius 2 is 1.86 bits per heavy atom. The zero-order valence-corrected chi connectivity index (χ0v) is 20.4. The fraction of sp³-hybridized carbons (Fsp3) is 0.345. The van der Waals surface area contributed by atoms with E-state index in [0.29, 0.717) is 41.7 Å². The number of benzene rings is 2. The highest BCUT2D eigenvalue weighted by atomic mass is 16.5. The second kappa shape index (κ2) is 10.8. The number of rotatable bonds is 7. The molecule has 5 rings (SSSR count). The Bertz CT molecular complexity index is 1200. The Balaban J connectivity index is 1.35. The molecular formula is C29H31N3O4. The Morgan fingerprint density at radius 3 is 2.64 bits per heavy atom. The van der Waals surface area contributed by atoms with E-state index < -0.39 is 6.04 Å². The highest BCUT2D eigenvalue weighted by Gasteiger charge is 2.47. The van der Waals surface area contributed by atoms with Gasteiger partial charge in [0.15, 0.2) is 11.5 Å². The van der Waals surface area contributed by atoms with E-state index in [4.69, 9.17) is 9.47 Å². The SMILES string of the molecule is COc1ccc(NC(=O)C2CC3CCCCC3N2C(=O)c2ccccc2)cc1OCc1cccnc1. The van der Waals surface area contributed by atoms with Gasteiger partial charge in [0.05, 0.1) is 7.11 Å². The summed E-state index contributed by atoms with van der Waals surface area (Å²) < 4.78 is 11.4. The molecular weight excluding hydrogens is 454 g/mol. The van der Waals surface area contributed by atoms with Gasteiger partial charge in [0, 0.05) is 41.3 Å². The number of hydrogen-bond donors (Lipinski definition) is 1. The number of fused-ring (bicyclic) bond motifs is 1. The smallest absolute Gasteiger partial charge is 0.254 e. The molecule has 1 N–H and O–H groups in total. The number of carbonyl (C=O) groups is 2. The van der Waals surface area contributed by atoms with Crippen LogP contribution in [0.1, 0.15) is 48.0 Å². The van der Waals surface area contributed by atoms with Crippen LogP contribution >= 0.6 is 0 Å². The van der Waals surface area contributed by atoms with Gasteiger partial charge in [0.2, 0.25) is 5.91 Å². The Hall–Kier alpha value is -3.87. The highest BCUT2D eigenvalue weighted by Crippen LogP contribution is 2.41. The zero-order chi connectivity index (χ0) is 24.9. The lowest BCUT2D eigenvalue weighted by Crippen LogP contribution is -2.47. The van der Waals surface area contributed by atoms with Crippen LogP contribution in [0.15, 0.2) is 73.1 Å². The number of nitrogens with one attached hydrogen (secondary N) is 1. The molecule has 0 radical (unpaired) electrons. The minimum absolute atomic E-state index is 0.0691. The molecule has 2 amide bonds. The van der Waals surface area contributed by atoms with Crippen LogP contribution in [-0.2, 0) is 11.4 Å². The number of nitrogens with zero attached hydrogens (tertiary/aromatic N) is 2. The Kier molecular flexibility index (Phi) is 7.16. The average Bonchev–Trinajstić information content (AvgIpc) is 3.32. The first-order valence-electron chi connectivity index (χ1n) is 12.5. The van der Waals surface area contributed by atoms with E-state index in [1.54, 1.807) is 37.7 Å². The number of amides is 2. The molecule has 7 heteroatoms. The topological polar surface area (TPSA) is 80.8 Å². The van der Waals surface area contributed by atoms with E-state index in [9.17, 15) is 9.59 Å². The van der Waals surface area contributed by atoms with Gasteiger partial charge in [0.25, 0.3) is 5.91 Å². The van der Waals surface area contributed by atoms with E-state index in [-0.39, 0.29) is 17.9 Å². The van der Waals surface area contributed by atoms with Crippen molar-refractivity contribution in [1.82, 2.24) is 9.88 Å². The second-order valence-electron chi connectivity index (χ2n) is 9.45. The van der Waals surface area contributed by atoms with Crippen molar-refractivity contribution >= 4 is 17.5 Å². The molecule has 7 nitrogen and oxygen atoms in total. The van der Waals surface area contributed by atoms with Crippen LogP contribution in [0.2, 0.25) is 0 Å². The van der Waals surface area contributed by atoms with E-state index in [0.717, 1.165) is 31.2 Å². The third-order valence-corrected chi connectivity index (χ3v) is 7.19. The molecule has 0 bridgehead atoms. The summed E-state index contributed by atoms with van der Waals surface area (Å²) in [6.45, 7) is 0.326. The minimum atomic E-state index is -0.507. The summed E-state index contributed by atoms with van der Waals surface area (Å²) in [5.41, 5.74) is 2.15. The largest absolute Gasteiger partial charge is 0.493 e. The quantitative estimate of drug-likeness (QED) is 0.505. The fourth-order valence-electron chi connectivity index (χ4n) is 5.45. The van der Waals surface area contributed by atoms with Crippen LogP contribution in [0.5, 0.6) is 11.5 Å². The molecule has 2 fully saturated rings. The molecule has 1 aliphatic carbocycles. The first kappa shape index (κ1) is 23.9. The highest BCUT2D eigenvalue weighted by molar-refractivity contribution is 6.02. The van der Waals surface area contributed by atoms with Gasteiger partial charge in [-0.25, -0.2) is 0 Å². The van der Waals surface area contributed by atoms with Gasteiger partial charge in [-0.15, -0.1) is 0 Å². The van der Waals surface area contributed by atoms with Crippen molar-refractivity contribution in [3.63, 3.8) is 0 Å². The maximum absolute atomic E-state index is 13.6. The Morgan fingerprint density at radius 1 is 1.03 bits per heavy atom. The van der Waals surface area contributed by atoms with Gasteiger partial charge < -0.3 is 19.7 Å². The standard InChI is InChI=1S/C29H31N3O4/c1-35-26-14-13-23(17-27(26)36-19-20-8-7-15-30-18-20)31-28(33)25-16-22-11-5-6-12-24(22)32(25)29(34)21-9-3-2-4-10-21/h2-4,7-10,13-15,17-18,22,24-25H,5-6,11-12,16,19H2,1H3,(H,31,33). The monoisotopic (exact) mass is 485 g/mol. The minimum Gasteiger partial charge on any atom is -0.493 e. The summed E-state index contributed by atoms with van der Waals surface area (Å²) >= 11 is 0. The lowest BCUT2D eigenvalue weighted by molar-refractivity contribution is -0.120. The molecule has 3 aromatic rings. The summed E-state index contributed by atoms with van der Waals surface area (Å²) in [4.78, 5) is 33.1. The first-order chi connectivity index (χ1) is 17.6. The van der Waals surface area contributed by atoms with Crippen molar-refractivity contribution in [3.05, 3.63) is 84.2 Å². The summed E-state index contributed by atoms with van der Waals surface area (Å²) in [5, 5.41) is 3.04. The number of likely N-dealkylation sites (tertiary alicyclic amines) is 1. The summed E-state index contributed by atoms with van der Waals surface area (Å²) in [6.07, 6.45) is 8.39. The number of methoxy groups -OCH3 is 1. The molecule has 3 unspecified atom stereocenters. The molecule has 1 aliphatic heterocycles. The number of aromatic nitrogens is 1. The van der Waals surface area contributed by atoms with Crippen LogP contribution in [0.4, 0.5) is 5.69 Å². The summed E-state index contributed by atoms with van der Waals surface area (Å²) in [6, 6.07) is 18.0. The van der Waals surface area contributed by atoms with Crippen molar-refractivity contribution in [2.24, 2.45) is 5.92 Å². The number of carbonyl (C=O) groups excluding carboxylic acids is 2. The molecule has 1 saturated carbocycles. The van der Waals surface area contributed by atoms with Gasteiger partial charge in [-0.1, -0.05) is 37.1 Å². The maximum Gasteiger partial charge on any atom is 0.254 e. The molecule has 2 heterocycles. The molecule has 2 aliphatic rings. The lowest BCUT2D eigenvalue weighted by atomic mass is 9.84. The second-order valence-corrected chi connectivity index (χ2v) is 9.45. The average molecular weight is 486 g/mol. The van der Waals surface area contributed by atoms with Gasteiger partial charge in [-0.3, -0.25) is 14.6 Å². The maximum atomic E-state index is 13.6. The predicted molar refractivity (Wildman–Crippen MR) is 137 cm³/mol. The number of hydrogen-bond acceptors (Lipinski definition) is 5. The van der Waals surface area contributed by atoms with Crippen LogP contribution in [0.25, 0.3) is 0 Å². The molecule has 2 aromatic carbocycles. The summed E-state index contributed by atoms with van der Waals surface area (Å²) in [5.74, 6) is 1.22. The number of ether oxygens (including phenoxy) is 2. The normalized spacial score (nSPS) is 20.9. The van der Waals surface area contributed by atoms with Gasteiger partial charge in [-0.05, 0) is 55.5 Å². The number of pyridine rings is 1. The molecule has 186 valence electrons. The van der Waals surface area contributed by atoms with Crippen molar-refractivity contribution in [3.8, 4) is 11.5 Å². The van der Waals surface area contributed by atoms with E-state index >= 15 is 0 Å². The first-order valence-corrected chi connectivity index (χ1v) is 12.5. The molecule has 3 atom stereocenters. The Labute approximate surface area is 211 Å². The van der Waals surface area contributed by atoms with Crippen LogP contribution < -0.4 is 14.8 Å². The van der Waals surface area contributed by atoms with Crippen LogP contribution in [-0.4, -0.2) is 40.9 Å².